The first-order valence-electron chi connectivity index (χ1n) is 6.81. The molecule has 2 heterocycles. The molecule has 0 saturated carbocycles. The number of amides is 1. The topological polar surface area (TPSA) is 53.4 Å². The van der Waals surface area contributed by atoms with Gasteiger partial charge in [-0.2, -0.15) is 5.10 Å². The molecule has 0 atom stereocenters. The zero-order valence-electron chi connectivity index (χ0n) is 13.0. The summed E-state index contributed by atoms with van der Waals surface area (Å²) in [5, 5.41) is 7.19. The predicted molar refractivity (Wildman–Crippen MR) is 95.4 cm³/mol. The lowest BCUT2D eigenvalue weighted by atomic mass is 10.2. The van der Waals surface area contributed by atoms with Crippen molar-refractivity contribution in [3.05, 3.63) is 18.0 Å². The second-order valence-electron chi connectivity index (χ2n) is 5.03. The largest absolute Gasteiger partial charge is 0.340 e. The maximum absolute atomic E-state index is 11.9. The molecule has 0 bridgehead atoms. The summed E-state index contributed by atoms with van der Waals surface area (Å²) in [4.78, 5) is 16.2. The Labute approximate surface area is 150 Å². The van der Waals surface area contributed by atoms with Crippen LogP contribution in [0.5, 0.6) is 0 Å². The van der Waals surface area contributed by atoms with Gasteiger partial charge in [0.1, 0.15) is 0 Å². The highest BCUT2D eigenvalue weighted by molar-refractivity contribution is 5.86. The van der Waals surface area contributed by atoms with E-state index in [4.69, 9.17) is 0 Å². The number of halogens is 3. The Balaban J connectivity index is 0. The molecule has 0 unspecified atom stereocenters. The molecule has 9 heteroatoms. The van der Waals surface area contributed by atoms with Gasteiger partial charge in [-0.05, 0) is 7.05 Å². The summed E-state index contributed by atoms with van der Waals surface area (Å²) in [7, 11) is 3.81. The molecule has 1 N–H and O–H groups in total. The minimum atomic E-state index is 0. The third-order valence-electron chi connectivity index (χ3n) is 3.48. The molecule has 130 valence electrons. The van der Waals surface area contributed by atoms with Gasteiger partial charge >= 0.3 is 0 Å². The fourth-order valence-electron chi connectivity index (χ4n) is 2.36. The normalized spacial score (nSPS) is 14.5. The minimum absolute atomic E-state index is 0. The van der Waals surface area contributed by atoms with Crippen molar-refractivity contribution < 1.29 is 4.79 Å². The van der Waals surface area contributed by atoms with Crippen LogP contribution in [0.15, 0.2) is 12.4 Å². The van der Waals surface area contributed by atoms with Gasteiger partial charge in [0.05, 0.1) is 6.20 Å². The Bertz CT molecular complexity index is 422. The molecule has 1 aromatic heterocycles. The maximum atomic E-state index is 11.9. The van der Waals surface area contributed by atoms with Gasteiger partial charge in [0.2, 0.25) is 5.91 Å². The van der Waals surface area contributed by atoms with E-state index in [1.54, 1.807) is 0 Å². The number of rotatable bonds is 5. The number of nitrogens with one attached hydrogen (secondary N) is 1. The monoisotopic (exact) mass is 373 g/mol. The summed E-state index contributed by atoms with van der Waals surface area (Å²) >= 11 is 0. The first kappa shape index (κ1) is 23.7. The molecule has 1 aromatic rings. The standard InChI is InChI=1S/C13H23N5O.3ClH/c1-14-4-3-13(19)18-7-5-17(6-8-18)11-12-9-15-16(2)10-12;;;/h9-10,14H,3-8,11H2,1-2H3;3*1H. The summed E-state index contributed by atoms with van der Waals surface area (Å²) in [6.07, 6.45) is 4.55. The van der Waals surface area contributed by atoms with Gasteiger partial charge in [0.25, 0.3) is 0 Å². The highest BCUT2D eigenvalue weighted by Crippen LogP contribution is 2.08. The van der Waals surface area contributed by atoms with Gasteiger partial charge in [0.15, 0.2) is 0 Å². The second kappa shape index (κ2) is 12.0. The second-order valence-corrected chi connectivity index (χ2v) is 5.03. The molecule has 0 spiro atoms. The van der Waals surface area contributed by atoms with Crippen molar-refractivity contribution in [2.24, 2.45) is 7.05 Å². The average Bonchev–Trinajstić information content (AvgIpc) is 2.82. The molecule has 2 rings (SSSR count). The molecule has 0 radical (unpaired) electrons. The summed E-state index contributed by atoms with van der Waals surface area (Å²) < 4.78 is 1.83. The smallest absolute Gasteiger partial charge is 0.223 e. The Hall–Kier alpha value is -0.530. The van der Waals surface area contributed by atoms with Crippen molar-refractivity contribution in [1.82, 2.24) is 24.9 Å². The van der Waals surface area contributed by atoms with Crippen LogP contribution in [0.4, 0.5) is 0 Å². The molecule has 1 aliphatic rings. The Morgan fingerprint density at radius 1 is 1.23 bits per heavy atom. The molecule has 6 nitrogen and oxygen atoms in total. The minimum Gasteiger partial charge on any atom is -0.340 e. The van der Waals surface area contributed by atoms with Gasteiger partial charge in [-0.3, -0.25) is 14.4 Å². The summed E-state index contributed by atoms with van der Waals surface area (Å²) in [5.74, 6) is 0.260. The molecule has 1 aliphatic heterocycles. The molecule has 0 aliphatic carbocycles. The average molecular weight is 375 g/mol. The number of nitrogens with zero attached hydrogens (tertiary/aromatic N) is 4. The molecular weight excluding hydrogens is 349 g/mol. The van der Waals surface area contributed by atoms with Crippen molar-refractivity contribution in [3.8, 4) is 0 Å². The lowest BCUT2D eigenvalue weighted by Gasteiger charge is -2.34. The van der Waals surface area contributed by atoms with E-state index < -0.39 is 0 Å². The third-order valence-corrected chi connectivity index (χ3v) is 3.48. The zero-order valence-corrected chi connectivity index (χ0v) is 15.5. The van der Waals surface area contributed by atoms with Crippen LogP contribution in [0.1, 0.15) is 12.0 Å². The van der Waals surface area contributed by atoms with E-state index in [1.807, 2.05) is 36.1 Å². The van der Waals surface area contributed by atoms with Crippen LogP contribution in [-0.4, -0.2) is 65.3 Å². The van der Waals surface area contributed by atoms with Crippen molar-refractivity contribution >= 4 is 43.1 Å². The predicted octanol–water partition coefficient (Wildman–Crippen LogP) is 0.939. The summed E-state index contributed by atoms with van der Waals surface area (Å²) in [6, 6.07) is 0. The van der Waals surface area contributed by atoms with E-state index in [2.05, 4.69) is 15.3 Å². The lowest BCUT2D eigenvalue weighted by Crippen LogP contribution is -2.48. The van der Waals surface area contributed by atoms with Gasteiger partial charge < -0.3 is 10.2 Å². The van der Waals surface area contributed by atoms with E-state index in [-0.39, 0.29) is 43.1 Å². The Kier molecular flexibility index (Phi) is 12.9. The number of aromatic nitrogens is 2. The third kappa shape index (κ3) is 7.15. The molecule has 22 heavy (non-hydrogen) atoms. The molecular formula is C13H26Cl3N5O. The van der Waals surface area contributed by atoms with Gasteiger partial charge in [-0.15, -0.1) is 37.2 Å². The van der Waals surface area contributed by atoms with Crippen LogP contribution in [0.2, 0.25) is 0 Å². The van der Waals surface area contributed by atoms with E-state index in [0.717, 1.165) is 39.3 Å². The fraction of sp³-hybridized carbons (Fsp3) is 0.692. The van der Waals surface area contributed by atoms with Crippen molar-refractivity contribution in [1.29, 1.82) is 0 Å². The molecule has 1 saturated heterocycles. The Morgan fingerprint density at radius 2 is 1.86 bits per heavy atom. The highest BCUT2D eigenvalue weighted by Gasteiger charge is 2.20. The van der Waals surface area contributed by atoms with E-state index in [0.29, 0.717) is 6.42 Å². The van der Waals surface area contributed by atoms with E-state index in [9.17, 15) is 4.79 Å². The van der Waals surface area contributed by atoms with Crippen LogP contribution in [-0.2, 0) is 18.4 Å². The number of aryl methyl sites for hydroxylation is 1. The molecule has 1 fully saturated rings. The van der Waals surface area contributed by atoms with Crippen molar-refractivity contribution in [2.45, 2.75) is 13.0 Å². The lowest BCUT2D eigenvalue weighted by molar-refractivity contribution is -0.132. The van der Waals surface area contributed by atoms with E-state index in [1.165, 1.54) is 5.56 Å². The van der Waals surface area contributed by atoms with Crippen molar-refractivity contribution in [3.63, 3.8) is 0 Å². The van der Waals surface area contributed by atoms with Crippen LogP contribution in [0, 0.1) is 0 Å². The number of piperazine rings is 1. The number of hydrogen-bond acceptors (Lipinski definition) is 4. The molecule has 1 amide bonds. The van der Waals surface area contributed by atoms with Gasteiger partial charge in [-0.1, -0.05) is 0 Å². The van der Waals surface area contributed by atoms with Gasteiger partial charge in [-0.25, -0.2) is 0 Å². The zero-order chi connectivity index (χ0) is 13.7. The highest BCUT2D eigenvalue weighted by atomic mass is 35.5. The Morgan fingerprint density at radius 3 is 2.36 bits per heavy atom. The quantitative estimate of drug-likeness (QED) is 0.833. The van der Waals surface area contributed by atoms with Crippen molar-refractivity contribution in [2.75, 3.05) is 39.8 Å². The van der Waals surface area contributed by atoms with Crippen LogP contribution < -0.4 is 5.32 Å². The van der Waals surface area contributed by atoms with Crippen LogP contribution in [0.25, 0.3) is 0 Å². The number of hydrogen-bond donors (Lipinski definition) is 1. The van der Waals surface area contributed by atoms with Gasteiger partial charge in [0, 0.05) is 64.5 Å². The fourth-order valence-corrected chi connectivity index (χ4v) is 2.36. The maximum Gasteiger partial charge on any atom is 0.223 e. The first-order valence-corrected chi connectivity index (χ1v) is 6.81. The number of carbonyl (C=O) groups is 1. The summed E-state index contributed by atoms with van der Waals surface area (Å²) in [5.41, 5.74) is 1.23. The van der Waals surface area contributed by atoms with Crippen LogP contribution >= 0.6 is 37.2 Å². The van der Waals surface area contributed by atoms with E-state index >= 15 is 0 Å². The summed E-state index contributed by atoms with van der Waals surface area (Å²) in [6.45, 7) is 5.24. The molecule has 0 aromatic carbocycles. The number of carbonyl (C=O) groups excluding carboxylic acids is 1. The van der Waals surface area contributed by atoms with Crippen LogP contribution in [0.3, 0.4) is 0 Å². The SMILES string of the molecule is CNCCC(=O)N1CCN(Cc2cnn(C)c2)CC1.Cl.Cl.Cl. The first-order chi connectivity index (χ1) is 9.19.